The lowest BCUT2D eigenvalue weighted by Crippen LogP contribution is -2.41. The van der Waals surface area contributed by atoms with Crippen LogP contribution in [-0.4, -0.2) is 50.8 Å². The predicted molar refractivity (Wildman–Crippen MR) is 175 cm³/mol. The van der Waals surface area contributed by atoms with Gasteiger partial charge >= 0.3 is 5.97 Å². The summed E-state index contributed by atoms with van der Waals surface area (Å²) in [6, 6.07) is 9.04. The minimum atomic E-state index is -1.33. The fraction of sp³-hybridized carbons (Fsp3) is 0.412. The third-order valence-electron chi connectivity index (χ3n) is 7.06. The van der Waals surface area contributed by atoms with E-state index < -0.39 is 35.8 Å². The van der Waals surface area contributed by atoms with Gasteiger partial charge < -0.3 is 25.8 Å². The lowest BCUT2D eigenvalue weighted by Gasteiger charge is -2.22. The summed E-state index contributed by atoms with van der Waals surface area (Å²) in [5.74, 6) is -2.19. The number of hydrogen-bond acceptors (Lipinski definition) is 9. The zero-order valence-corrected chi connectivity index (χ0v) is 27.1. The van der Waals surface area contributed by atoms with Crippen LogP contribution in [0, 0.1) is 0 Å². The molecule has 0 aliphatic carbocycles. The Labute approximate surface area is 273 Å². The third-order valence-corrected chi connectivity index (χ3v) is 8.03. The molecule has 3 amide bonds. The van der Waals surface area contributed by atoms with Crippen molar-refractivity contribution >= 4 is 40.6 Å². The van der Waals surface area contributed by atoms with E-state index in [0.29, 0.717) is 29.9 Å². The van der Waals surface area contributed by atoms with Crippen molar-refractivity contribution in [1.29, 1.82) is 0 Å². The Balaban J connectivity index is 1.79. The average molecular weight is 651 g/mol. The van der Waals surface area contributed by atoms with Gasteiger partial charge in [-0.3, -0.25) is 19.2 Å². The number of benzene rings is 1. The number of thioether (sulfide) groups is 1. The first kappa shape index (κ1) is 36.0. The average Bonchev–Trinajstić information content (AvgIpc) is 3.04. The monoisotopic (exact) mass is 650 g/mol. The number of rotatable bonds is 11. The highest BCUT2D eigenvalue weighted by atomic mass is 32.2. The topological polar surface area (TPSA) is 164 Å². The van der Waals surface area contributed by atoms with Crippen LogP contribution in [0.25, 0.3) is 0 Å². The van der Waals surface area contributed by atoms with Gasteiger partial charge in [-0.2, -0.15) is 0 Å². The van der Waals surface area contributed by atoms with Gasteiger partial charge in [0.2, 0.25) is 5.91 Å². The van der Waals surface area contributed by atoms with Crippen LogP contribution in [0.2, 0.25) is 0 Å². The number of phenols is 1. The number of ether oxygens (including phenoxy) is 1. The third kappa shape index (κ3) is 12.2. The highest BCUT2D eigenvalue weighted by Crippen LogP contribution is 2.21. The van der Waals surface area contributed by atoms with Crippen molar-refractivity contribution < 1.29 is 33.8 Å². The molecule has 1 aromatic heterocycles. The van der Waals surface area contributed by atoms with E-state index in [9.17, 15) is 29.1 Å². The lowest BCUT2D eigenvalue weighted by atomic mass is 10.1. The Morgan fingerprint density at radius 3 is 2.54 bits per heavy atom. The van der Waals surface area contributed by atoms with Crippen molar-refractivity contribution in [3.63, 3.8) is 0 Å². The standard InChI is InChI=1S/C34H42N4O7S/c1-3-5-6-7-8-15-30(41)46-20-10-9-13-26-21-29(40)35-22-24-12-11-14-28(36-24)33(43)37-27(4-2)32(42)38-31(34(44)45-26)23-16-18-25(39)19-17-23/h4,9,11-14,16-19,26,31,39H,3,5-8,10,15,20-22H2,1-2H3,(H,35,40)(H,37,43)(H,38,42)/b13-9+,27-4-/t26-,31+/m1/s1. The van der Waals surface area contributed by atoms with Crippen molar-refractivity contribution in [2.75, 3.05) is 5.75 Å². The van der Waals surface area contributed by atoms with Gasteiger partial charge in [0.25, 0.3) is 11.8 Å². The number of pyridine rings is 1. The summed E-state index contributed by atoms with van der Waals surface area (Å²) in [4.78, 5) is 69.1. The Bertz CT molecular complexity index is 1420. The molecular formula is C34H42N4O7S. The number of phenolic OH excluding ortho intramolecular Hbond substituents is 1. The van der Waals surface area contributed by atoms with Crippen molar-refractivity contribution in [3.8, 4) is 5.75 Å². The second-order valence-corrected chi connectivity index (χ2v) is 11.9. The number of aromatic nitrogens is 1. The highest BCUT2D eigenvalue weighted by molar-refractivity contribution is 8.13. The number of allylic oxidation sites excluding steroid dienone is 2. The van der Waals surface area contributed by atoms with Gasteiger partial charge in [-0.25, -0.2) is 9.78 Å². The van der Waals surface area contributed by atoms with Gasteiger partial charge in [-0.15, -0.1) is 0 Å². The number of carbonyl (C=O) groups is 5. The molecule has 2 atom stereocenters. The Kier molecular flexibility index (Phi) is 15.0. The molecule has 11 nitrogen and oxygen atoms in total. The number of nitrogens with one attached hydrogen (secondary N) is 3. The van der Waals surface area contributed by atoms with Crippen molar-refractivity contribution in [2.24, 2.45) is 0 Å². The first-order valence-electron chi connectivity index (χ1n) is 15.5. The number of esters is 1. The first-order chi connectivity index (χ1) is 22.2. The molecule has 246 valence electrons. The van der Waals surface area contributed by atoms with Crippen molar-refractivity contribution in [1.82, 2.24) is 20.9 Å². The number of unbranched alkanes of at least 4 members (excludes halogenated alkanes) is 4. The number of cyclic esters (lactones) is 1. The molecule has 46 heavy (non-hydrogen) atoms. The van der Waals surface area contributed by atoms with Crippen LogP contribution in [0.4, 0.5) is 0 Å². The molecule has 0 fully saturated rings. The van der Waals surface area contributed by atoms with Crippen LogP contribution in [0.3, 0.4) is 0 Å². The van der Waals surface area contributed by atoms with E-state index in [0.717, 1.165) is 25.7 Å². The maximum Gasteiger partial charge on any atom is 0.333 e. The van der Waals surface area contributed by atoms with E-state index in [2.05, 4.69) is 27.9 Å². The van der Waals surface area contributed by atoms with Crippen LogP contribution >= 0.6 is 11.8 Å². The minimum absolute atomic E-state index is 0.0224. The summed E-state index contributed by atoms with van der Waals surface area (Å²) in [7, 11) is 0. The molecule has 1 aromatic carbocycles. The maximum atomic E-state index is 13.6. The Hall–Kier alpha value is -4.45. The number of amides is 3. The molecule has 2 bridgehead atoms. The SMILES string of the molecule is C/C=C1\NC(=O)c2cccc(n2)CNC(=O)C[C@@H](/C=C/CCSC(=O)CCCCCCC)OC(=O)[C@H](c2ccc(O)cc2)NC1=O. The second-order valence-electron chi connectivity index (χ2n) is 10.7. The molecule has 0 unspecified atom stereocenters. The van der Waals surface area contributed by atoms with E-state index in [-0.39, 0.29) is 35.2 Å². The summed E-state index contributed by atoms with van der Waals surface area (Å²) in [6.45, 7) is 3.73. The van der Waals surface area contributed by atoms with Gasteiger partial charge in [0.05, 0.1) is 18.7 Å². The van der Waals surface area contributed by atoms with Gasteiger partial charge in [0, 0.05) is 12.2 Å². The number of fused-ring (bicyclic) bond motifs is 2. The zero-order chi connectivity index (χ0) is 33.3. The Morgan fingerprint density at radius 2 is 1.80 bits per heavy atom. The lowest BCUT2D eigenvalue weighted by molar-refractivity contribution is -0.152. The number of carbonyl (C=O) groups excluding carboxylic acids is 5. The molecule has 0 saturated heterocycles. The second kappa shape index (κ2) is 19.2. The summed E-state index contributed by atoms with van der Waals surface area (Å²) in [5, 5.41) is 17.8. The van der Waals surface area contributed by atoms with Crippen LogP contribution in [0.1, 0.15) is 93.0 Å². The zero-order valence-electron chi connectivity index (χ0n) is 26.3. The molecule has 4 N–H and O–H groups in total. The molecule has 1 aliphatic heterocycles. The van der Waals surface area contributed by atoms with Crippen LogP contribution in [0.5, 0.6) is 5.75 Å². The fourth-order valence-corrected chi connectivity index (χ4v) is 5.32. The van der Waals surface area contributed by atoms with E-state index >= 15 is 0 Å². The van der Waals surface area contributed by atoms with E-state index in [1.54, 1.807) is 31.2 Å². The Morgan fingerprint density at radius 1 is 1.04 bits per heavy atom. The summed E-state index contributed by atoms with van der Waals surface area (Å²) < 4.78 is 5.75. The molecule has 2 aromatic rings. The van der Waals surface area contributed by atoms with Crippen LogP contribution in [-0.2, 0) is 30.5 Å². The number of nitrogens with zero attached hydrogens (tertiary/aromatic N) is 1. The van der Waals surface area contributed by atoms with Crippen LogP contribution in [0.15, 0.2) is 66.4 Å². The largest absolute Gasteiger partial charge is 0.508 e. The number of aromatic hydroxyl groups is 1. The van der Waals surface area contributed by atoms with Crippen molar-refractivity contribution in [2.45, 2.75) is 83.9 Å². The van der Waals surface area contributed by atoms with Gasteiger partial charge in [-0.05, 0) is 55.7 Å². The molecule has 2 heterocycles. The fourth-order valence-electron chi connectivity index (χ4n) is 4.55. The molecule has 0 radical (unpaired) electrons. The maximum absolute atomic E-state index is 13.6. The summed E-state index contributed by atoms with van der Waals surface area (Å²) in [5.41, 5.74) is 0.654. The normalized spacial score (nSPS) is 19.0. The minimum Gasteiger partial charge on any atom is -0.508 e. The predicted octanol–water partition coefficient (Wildman–Crippen LogP) is 4.78. The molecule has 0 spiro atoms. The molecular weight excluding hydrogens is 608 g/mol. The molecule has 12 heteroatoms. The quantitative estimate of drug-likeness (QED) is 0.116. The summed E-state index contributed by atoms with van der Waals surface area (Å²) >= 11 is 1.26. The van der Waals surface area contributed by atoms with E-state index in [1.165, 1.54) is 54.6 Å². The van der Waals surface area contributed by atoms with Crippen molar-refractivity contribution in [3.05, 3.63) is 83.3 Å². The molecule has 0 saturated carbocycles. The summed E-state index contributed by atoms with van der Waals surface area (Å²) in [6.07, 6.45) is 10.00. The molecule has 1 aliphatic rings. The smallest absolute Gasteiger partial charge is 0.333 e. The highest BCUT2D eigenvalue weighted by Gasteiger charge is 2.29. The molecule has 3 rings (SSSR count). The van der Waals surface area contributed by atoms with Gasteiger partial charge in [0.1, 0.15) is 23.2 Å². The van der Waals surface area contributed by atoms with Crippen LogP contribution < -0.4 is 16.0 Å². The van der Waals surface area contributed by atoms with Gasteiger partial charge in [-0.1, -0.05) is 74.7 Å². The van der Waals surface area contributed by atoms with Gasteiger partial charge in [0.15, 0.2) is 11.2 Å². The van der Waals surface area contributed by atoms with E-state index in [4.69, 9.17) is 4.74 Å². The van der Waals surface area contributed by atoms with E-state index in [1.807, 2.05) is 0 Å². The first-order valence-corrected chi connectivity index (χ1v) is 16.5. The number of hydrogen-bond donors (Lipinski definition) is 4.